The quantitative estimate of drug-likeness (QED) is 0.562. The van der Waals surface area contributed by atoms with E-state index in [1.54, 1.807) is 18.2 Å². The van der Waals surface area contributed by atoms with Crippen LogP contribution in [0.15, 0.2) is 53.3 Å². The molecule has 8 nitrogen and oxygen atoms in total. The van der Waals surface area contributed by atoms with Crippen LogP contribution in [-0.2, 0) is 6.54 Å². The maximum absolute atomic E-state index is 12.2. The van der Waals surface area contributed by atoms with E-state index in [0.717, 1.165) is 31.9 Å². The number of hydrogen-bond acceptors (Lipinski definition) is 6. The van der Waals surface area contributed by atoms with Gasteiger partial charge in [-0.1, -0.05) is 18.2 Å². The second-order valence-corrected chi connectivity index (χ2v) is 6.57. The highest BCUT2D eigenvalue weighted by Crippen LogP contribution is 2.22. The molecule has 0 unspecified atom stereocenters. The highest BCUT2D eigenvalue weighted by Gasteiger charge is 2.19. The zero-order chi connectivity index (χ0) is 18.8. The first-order chi connectivity index (χ1) is 13.1. The van der Waals surface area contributed by atoms with E-state index in [0.29, 0.717) is 23.3 Å². The van der Waals surface area contributed by atoms with E-state index >= 15 is 0 Å². The van der Waals surface area contributed by atoms with Gasteiger partial charge in [-0.25, -0.2) is 4.98 Å². The molecule has 2 heterocycles. The molecule has 4 rings (SSSR count). The standard InChI is InChI=1S/C19H19N5O3/c25-19-16-6-1-2-7-17(16)20-18(21-19)13-22-8-10-23(11-9-22)14-4-3-5-15(12-14)24(26)27/h1-7,12H,8-11,13H2,(H,20,21,25). The summed E-state index contributed by atoms with van der Waals surface area (Å²) >= 11 is 0. The number of fused-ring (bicyclic) bond motifs is 1. The first kappa shape index (κ1) is 17.2. The lowest BCUT2D eigenvalue weighted by Crippen LogP contribution is -2.46. The number of H-pyrrole nitrogens is 1. The summed E-state index contributed by atoms with van der Waals surface area (Å²) in [6.07, 6.45) is 0. The number of para-hydroxylation sites is 1. The Morgan fingerprint density at radius 1 is 1.07 bits per heavy atom. The Morgan fingerprint density at radius 2 is 1.85 bits per heavy atom. The van der Waals surface area contributed by atoms with Gasteiger partial charge >= 0.3 is 0 Å². The molecule has 0 atom stereocenters. The molecule has 0 amide bonds. The number of rotatable bonds is 4. The molecule has 8 heteroatoms. The topological polar surface area (TPSA) is 95.4 Å². The molecule has 1 saturated heterocycles. The summed E-state index contributed by atoms with van der Waals surface area (Å²) in [4.78, 5) is 34.5. The SMILES string of the molecule is O=c1[nH]c(CN2CCN(c3cccc([N+](=O)[O-])c3)CC2)nc2ccccc12. The Hall–Kier alpha value is -3.26. The van der Waals surface area contributed by atoms with Crippen LogP contribution in [0.25, 0.3) is 10.9 Å². The van der Waals surface area contributed by atoms with Crippen LogP contribution in [0.3, 0.4) is 0 Å². The van der Waals surface area contributed by atoms with E-state index in [2.05, 4.69) is 19.8 Å². The Morgan fingerprint density at radius 3 is 2.63 bits per heavy atom. The fourth-order valence-corrected chi connectivity index (χ4v) is 3.39. The number of aromatic nitrogens is 2. The van der Waals surface area contributed by atoms with Crippen LogP contribution in [0.4, 0.5) is 11.4 Å². The van der Waals surface area contributed by atoms with Crippen LogP contribution >= 0.6 is 0 Å². The van der Waals surface area contributed by atoms with Crippen molar-refractivity contribution in [1.82, 2.24) is 14.9 Å². The van der Waals surface area contributed by atoms with Gasteiger partial charge in [0.1, 0.15) is 5.82 Å². The molecule has 0 saturated carbocycles. The molecule has 0 spiro atoms. The van der Waals surface area contributed by atoms with Crippen molar-refractivity contribution in [3.8, 4) is 0 Å². The molecule has 27 heavy (non-hydrogen) atoms. The molecule has 138 valence electrons. The molecule has 1 fully saturated rings. The van der Waals surface area contributed by atoms with Gasteiger partial charge in [-0.3, -0.25) is 19.8 Å². The van der Waals surface area contributed by atoms with E-state index in [-0.39, 0.29) is 16.2 Å². The van der Waals surface area contributed by atoms with Crippen molar-refractivity contribution in [2.24, 2.45) is 0 Å². The van der Waals surface area contributed by atoms with Gasteiger partial charge in [0.2, 0.25) is 0 Å². The maximum Gasteiger partial charge on any atom is 0.271 e. The Kier molecular flexibility index (Phi) is 4.55. The summed E-state index contributed by atoms with van der Waals surface area (Å²) in [6, 6.07) is 14.0. The fraction of sp³-hybridized carbons (Fsp3) is 0.263. The highest BCUT2D eigenvalue weighted by molar-refractivity contribution is 5.77. The van der Waals surface area contributed by atoms with E-state index in [9.17, 15) is 14.9 Å². The lowest BCUT2D eigenvalue weighted by Gasteiger charge is -2.35. The monoisotopic (exact) mass is 365 g/mol. The molecular formula is C19H19N5O3. The van der Waals surface area contributed by atoms with Crippen molar-refractivity contribution in [3.05, 3.63) is 74.8 Å². The summed E-state index contributed by atoms with van der Waals surface area (Å²) in [6.45, 7) is 3.68. The number of nitrogens with zero attached hydrogens (tertiary/aromatic N) is 4. The number of hydrogen-bond donors (Lipinski definition) is 1. The van der Waals surface area contributed by atoms with Gasteiger partial charge in [0.15, 0.2) is 0 Å². The van der Waals surface area contributed by atoms with E-state index in [1.165, 1.54) is 6.07 Å². The Labute approximate surface area is 155 Å². The number of piperazine rings is 1. The molecule has 3 aromatic rings. The van der Waals surface area contributed by atoms with Gasteiger partial charge < -0.3 is 9.88 Å². The highest BCUT2D eigenvalue weighted by atomic mass is 16.6. The lowest BCUT2D eigenvalue weighted by molar-refractivity contribution is -0.384. The minimum Gasteiger partial charge on any atom is -0.369 e. The van der Waals surface area contributed by atoms with Crippen LogP contribution in [0, 0.1) is 10.1 Å². The van der Waals surface area contributed by atoms with E-state index in [4.69, 9.17) is 0 Å². The first-order valence-electron chi connectivity index (χ1n) is 8.80. The van der Waals surface area contributed by atoms with Crippen molar-refractivity contribution in [2.45, 2.75) is 6.54 Å². The van der Waals surface area contributed by atoms with Crippen molar-refractivity contribution in [3.63, 3.8) is 0 Å². The average molecular weight is 365 g/mol. The third-order valence-corrected chi connectivity index (χ3v) is 4.81. The van der Waals surface area contributed by atoms with Crippen molar-refractivity contribution in [2.75, 3.05) is 31.1 Å². The molecule has 2 aromatic carbocycles. The molecule has 1 aromatic heterocycles. The summed E-state index contributed by atoms with van der Waals surface area (Å²) in [5, 5.41) is 11.5. The number of benzene rings is 2. The predicted molar refractivity (Wildman–Crippen MR) is 103 cm³/mol. The number of nitro benzene ring substituents is 1. The van der Waals surface area contributed by atoms with E-state index < -0.39 is 0 Å². The summed E-state index contributed by atoms with van der Waals surface area (Å²) < 4.78 is 0. The maximum atomic E-state index is 12.2. The van der Waals surface area contributed by atoms with Gasteiger partial charge in [0, 0.05) is 44.0 Å². The van der Waals surface area contributed by atoms with Gasteiger partial charge in [-0.2, -0.15) is 0 Å². The minimum atomic E-state index is -0.374. The van der Waals surface area contributed by atoms with E-state index in [1.807, 2.05) is 24.3 Å². The number of anilines is 1. The molecule has 0 aliphatic carbocycles. The van der Waals surface area contributed by atoms with Gasteiger partial charge in [0.25, 0.3) is 11.2 Å². The Balaban J connectivity index is 1.43. The minimum absolute atomic E-state index is 0.105. The molecule has 1 N–H and O–H groups in total. The molecule has 1 aliphatic heterocycles. The third-order valence-electron chi connectivity index (χ3n) is 4.81. The lowest BCUT2D eigenvalue weighted by atomic mass is 10.2. The molecule has 0 radical (unpaired) electrons. The van der Waals surface area contributed by atoms with Gasteiger partial charge in [-0.15, -0.1) is 0 Å². The molecule has 0 bridgehead atoms. The predicted octanol–water partition coefficient (Wildman–Crippen LogP) is 2.15. The van der Waals surface area contributed by atoms with Crippen LogP contribution in [0.1, 0.15) is 5.82 Å². The smallest absolute Gasteiger partial charge is 0.271 e. The van der Waals surface area contributed by atoms with Crippen LogP contribution in [-0.4, -0.2) is 46.0 Å². The number of non-ortho nitro benzene ring substituents is 1. The summed E-state index contributed by atoms with van der Waals surface area (Å²) in [5.74, 6) is 0.655. The normalized spacial score (nSPS) is 15.2. The number of aromatic amines is 1. The summed E-state index contributed by atoms with van der Waals surface area (Å²) in [7, 11) is 0. The van der Waals surface area contributed by atoms with Crippen molar-refractivity contribution >= 4 is 22.3 Å². The van der Waals surface area contributed by atoms with Crippen LogP contribution < -0.4 is 10.5 Å². The molecular weight excluding hydrogens is 346 g/mol. The number of nitrogens with one attached hydrogen (secondary N) is 1. The van der Waals surface area contributed by atoms with Gasteiger partial charge in [0.05, 0.1) is 22.4 Å². The zero-order valence-electron chi connectivity index (χ0n) is 14.7. The van der Waals surface area contributed by atoms with Crippen LogP contribution in [0.5, 0.6) is 0 Å². The zero-order valence-corrected chi connectivity index (χ0v) is 14.7. The van der Waals surface area contributed by atoms with Gasteiger partial charge in [-0.05, 0) is 18.2 Å². The second-order valence-electron chi connectivity index (χ2n) is 6.57. The average Bonchev–Trinajstić information content (AvgIpc) is 2.69. The Bertz CT molecular complexity index is 1040. The third kappa shape index (κ3) is 3.65. The van der Waals surface area contributed by atoms with Crippen LogP contribution in [0.2, 0.25) is 0 Å². The number of nitro groups is 1. The molecule has 1 aliphatic rings. The largest absolute Gasteiger partial charge is 0.369 e. The van der Waals surface area contributed by atoms with Crippen molar-refractivity contribution < 1.29 is 4.92 Å². The summed E-state index contributed by atoms with van der Waals surface area (Å²) in [5.41, 5.74) is 1.55. The fourth-order valence-electron chi connectivity index (χ4n) is 3.39. The first-order valence-corrected chi connectivity index (χ1v) is 8.80. The van der Waals surface area contributed by atoms with Crippen molar-refractivity contribution in [1.29, 1.82) is 0 Å². The second kappa shape index (κ2) is 7.16.